The van der Waals surface area contributed by atoms with Gasteiger partial charge in [-0.15, -0.1) is 0 Å². The molecule has 0 unspecified atom stereocenters. The molecule has 0 saturated heterocycles. The first-order valence-electron chi connectivity index (χ1n) is 6.15. The van der Waals surface area contributed by atoms with Crippen molar-refractivity contribution in [2.24, 2.45) is 5.92 Å². The van der Waals surface area contributed by atoms with Crippen molar-refractivity contribution in [3.8, 4) is 17.6 Å². The fraction of sp³-hybridized carbons (Fsp3) is 0.429. The van der Waals surface area contributed by atoms with E-state index >= 15 is 0 Å². The summed E-state index contributed by atoms with van der Waals surface area (Å²) >= 11 is 6.02. The van der Waals surface area contributed by atoms with Gasteiger partial charge in [0.1, 0.15) is 0 Å². The van der Waals surface area contributed by atoms with Gasteiger partial charge in [-0.2, -0.15) is 5.26 Å². The van der Waals surface area contributed by atoms with Crippen LogP contribution in [0.3, 0.4) is 0 Å². The number of nitriles is 1. The van der Waals surface area contributed by atoms with Gasteiger partial charge >= 0.3 is 0 Å². The Morgan fingerprint density at radius 2 is 2.20 bits per heavy atom. The molecule has 0 saturated carbocycles. The normalized spacial score (nSPS) is 10.0. The van der Waals surface area contributed by atoms with Crippen molar-refractivity contribution in [1.29, 1.82) is 5.26 Å². The van der Waals surface area contributed by atoms with E-state index in [1.54, 1.807) is 0 Å². The minimum absolute atomic E-state index is 0.158. The summed E-state index contributed by atoms with van der Waals surface area (Å²) in [5.41, 5.74) is 0.364. The van der Waals surface area contributed by atoms with E-state index in [1.165, 1.54) is 19.2 Å². The zero-order valence-corrected chi connectivity index (χ0v) is 12.5. The number of nitrogens with zero attached hydrogens (tertiary/aromatic N) is 1. The van der Waals surface area contributed by atoms with Gasteiger partial charge in [0.2, 0.25) is 0 Å². The maximum atomic E-state index is 11.6. The number of hydrogen-bond donors (Lipinski definition) is 1. The number of rotatable bonds is 6. The first kappa shape index (κ1) is 16.1. The average molecular weight is 297 g/mol. The van der Waals surface area contributed by atoms with Crippen LogP contribution in [0, 0.1) is 17.2 Å². The second-order valence-corrected chi connectivity index (χ2v) is 5.00. The van der Waals surface area contributed by atoms with Gasteiger partial charge in [0, 0.05) is 12.6 Å². The van der Waals surface area contributed by atoms with Gasteiger partial charge in [-0.25, -0.2) is 0 Å². The molecule has 0 fully saturated rings. The molecule has 0 heterocycles. The van der Waals surface area contributed by atoms with Crippen LogP contribution < -0.4 is 14.8 Å². The van der Waals surface area contributed by atoms with Crippen LogP contribution in [0.2, 0.25) is 5.02 Å². The van der Waals surface area contributed by atoms with E-state index in [4.69, 9.17) is 26.3 Å². The lowest BCUT2D eigenvalue weighted by Crippen LogP contribution is -2.31. The number of amides is 1. The lowest BCUT2D eigenvalue weighted by Gasteiger charge is -2.13. The van der Waals surface area contributed by atoms with E-state index < -0.39 is 0 Å². The van der Waals surface area contributed by atoms with Crippen molar-refractivity contribution in [3.05, 3.63) is 22.7 Å². The Morgan fingerprint density at radius 3 is 2.75 bits per heavy atom. The van der Waals surface area contributed by atoms with Gasteiger partial charge < -0.3 is 14.8 Å². The zero-order valence-electron chi connectivity index (χ0n) is 11.7. The summed E-state index contributed by atoms with van der Waals surface area (Å²) in [7, 11) is 1.44. The Morgan fingerprint density at radius 1 is 1.50 bits per heavy atom. The summed E-state index contributed by atoms with van der Waals surface area (Å²) in [5.74, 6) is 0.715. The van der Waals surface area contributed by atoms with Crippen LogP contribution >= 0.6 is 11.6 Å². The monoisotopic (exact) mass is 296 g/mol. The third kappa shape index (κ3) is 4.63. The minimum atomic E-state index is -0.235. The molecule has 1 rings (SSSR count). The van der Waals surface area contributed by atoms with Crippen LogP contribution in [0.15, 0.2) is 12.1 Å². The molecule has 0 aliphatic carbocycles. The molecule has 0 aliphatic rings. The maximum absolute atomic E-state index is 11.6. The Labute approximate surface area is 123 Å². The number of nitrogens with one attached hydrogen (secondary N) is 1. The van der Waals surface area contributed by atoms with Crippen LogP contribution in [0.5, 0.6) is 11.5 Å². The highest BCUT2D eigenvalue weighted by atomic mass is 35.5. The highest BCUT2D eigenvalue weighted by Gasteiger charge is 2.13. The predicted molar refractivity (Wildman–Crippen MR) is 76.1 cm³/mol. The number of hydrogen-bond acceptors (Lipinski definition) is 4. The number of methoxy groups -OCH3 is 1. The molecular formula is C14H17ClN2O3. The van der Waals surface area contributed by atoms with Crippen molar-refractivity contribution in [1.82, 2.24) is 5.32 Å². The molecule has 0 bridgehead atoms. The largest absolute Gasteiger partial charge is 0.493 e. The molecule has 1 N–H and O–H groups in total. The highest BCUT2D eigenvalue weighted by Crippen LogP contribution is 2.36. The maximum Gasteiger partial charge on any atom is 0.257 e. The van der Waals surface area contributed by atoms with E-state index in [0.29, 0.717) is 23.8 Å². The third-order valence-corrected chi connectivity index (χ3v) is 2.69. The summed E-state index contributed by atoms with van der Waals surface area (Å²) in [6, 6.07) is 4.94. The van der Waals surface area contributed by atoms with Crippen molar-refractivity contribution >= 4 is 17.5 Å². The average Bonchev–Trinajstić information content (AvgIpc) is 2.42. The minimum Gasteiger partial charge on any atom is -0.493 e. The smallest absolute Gasteiger partial charge is 0.257 e. The van der Waals surface area contributed by atoms with Gasteiger partial charge in [0.15, 0.2) is 18.1 Å². The zero-order chi connectivity index (χ0) is 15.1. The SMILES string of the molecule is COc1cc(C#N)cc(Cl)c1OCC(=O)NCC(C)C. The summed E-state index contributed by atoms with van der Waals surface area (Å²) in [6.45, 7) is 4.43. The number of ether oxygens (including phenoxy) is 2. The molecule has 0 spiro atoms. The van der Waals surface area contributed by atoms with Crippen molar-refractivity contribution in [3.63, 3.8) is 0 Å². The van der Waals surface area contributed by atoms with E-state index in [2.05, 4.69) is 5.32 Å². The molecule has 1 aromatic carbocycles. The Balaban J connectivity index is 2.73. The standard InChI is InChI=1S/C14H17ClN2O3/c1-9(2)7-17-13(18)8-20-14-11(15)4-10(6-16)5-12(14)19-3/h4-5,9H,7-8H2,1-3H3,(H,17,18). The lowest BCUT2D eigenvalue weighted by atomic mass is 10.2. The Bertz CT molecular complexity index is 524. The summed E-state index contributed by atoms with van der Waals surface area (Å²) in [5, 5.41) is 11.8. The second-order valence-electron chi connectivity index (χ2n) is 4.59. The molecule has 20 heavy (non-hydrogen) atoms. The molecular weight excluding hydrogens is 280 g/mol. The van der Waals surface area contributed by atoms with Crippen molar-refractivity contribution in [2.75, 3.05) is 20.3 Å². The van der Waals surface area contributed by atoms with Crippen LogP contribution in [0.1, 0.15) is 19.4 Å². The first-order valence-corrected chi connectivity index (χ1v) is 6.52. The first-order chi connectivity index (χ1) is 9.47. The summed E-state index contributed by atoms with van der Waals surface area (Å²) < 4.78 is 10.5. The van der Waals surface area contributed by atoms with Crippen LogP contribution in [-0.4, -0.2) is 26.2 Å². The van der Waals surface area contributed by atoms with Crippen molar-refractivity contribution in [2.45, 2.75) is 13.8 Å². The molecule has 5 nitrogen and oxygen atoms in total. The molecule has 0 atom stereocenters. The topological polar surface area (TPSA) is 71.3 Å². The van der Waals surface area contributed by atoms with Crippen LogP contribution in [0.25, 0.3) is 0 Å². The van der Waals surface area contributed by atoms with Gasteiger partial charge in [0.25, 0.3) is 5.91 Å². The molecule has 6 heteroatoms. The van der Waals surface area contributed by atoms with E-state index in [-0.39, 0.29) is 23.3 Å². The van der Waals surface area contributed by atoms with Gasteiger partial charge in [-0.05, 0) is 12.0 Å². The number of carbonyl (C=O) groups is 1. The molecule has 1 amide bonds. The fourth-order valence-corrected chi connectivity index (χ4v) is 1.70. The quantitative estimate of drug-likeness (QED) is 0.875. The molecule has 0 aromatic heterocycles. The third-order valence-electron chi connectivity index (χ3n) is 2.41. The van der Waals surface area contributed by atoms with E-state index in [0.717, 1.165) is 0 Å². The van der Waals surface area contributed by atoms with Gasteiger partial charge in [-0.3, -0.25) is 4.79 Å². The van der Waals surface area contributed by atoms with Crippen molar-refractivity contribution < 1.29 is 14.3 Å². The number of benzene rings is 1. The van der Waals surface area contributed by atoms with Gasteiger partial charge in [-0.1, -0.05) is 25.4 Å². The van der Waals surface area contributed by atoms with Crippen LogP contribution in [0.4, 0.5) is 0 Å². The Hall–Kier alpha value is -1.93. The van der Waals surface area contributed by atoms with Gasteiger partial charge in [0.05, 0.1) is 23.8 Å². The number of carbonyl (C=O) groups excluding carboxylic acids is 1. The lowest BCUT2D eigenvalue weighted by molar-refractivity contribution is -0.123. The van der Waals surface area contributed by atoms with Crippen LogP contribution in [-0.2, 0) is 4.79 Å². The highest BCUT2D eigenvalue weighted by molar-refractivity contribution is 6.32. The summed E-state index contributed by atoms with van der Waals surface area (Å²) in [6.07, 6.45) is 0. The molecule has 108 valence electrons. The predicted octanol–water partition coefficient (Wildman–Crippen LogP) is 2.37. The van der Waals surface area contributed by atoms with E-state index in [1.807, 2.05) is 19.9 Å². The fourth-order valence-electron chi connectivity index (χ4n) is 1.43. The second kappa shape index (κ2) is 7.61. The summed E-state index contributed by atoms with van der Waals surface area (Å²) in [4.78, 5) is 11.6. The van der Waals surface area contributed by atoms with E-state index in [9.17, 15) is 4.79 Å². The number of halogens is 1. The Kier molecular flexibility index (Phi) is 6.13. The molecule has 0 aliphatic heterocycles. The molecule has 0 radical (unpaired) electrons. The molecule has 1 aromatic rings.